The summed E-state index contributed by atoms with van der Waals surface area (Å²) in [6, 6.07) is 11.4. The van der Waals surface area contributed by atoms with E-state index in [-0.39, 0.29) is 0 Å². The molecule has 0 amide bonds. The van der Waals surface area contributed by atoms with Crippen LogP contribution in [-0.4, -0.2) is 6.61 Å². The standard InChI is InChI=1S/C21H25NOS/c1-13(2)12-23-18-9-5-8-16-15-6-4-7-17(15)21(22-20(16)18)19-11-10-14(3)24-19/h4-6,8-11,13,15,17,21-22H,7,12H2,1-3H3. The van der Waals surface area contributed by atoms with Gasteiger partial charge in [0.1, 0.15) is 5.75 Å². The second kappa shape index (κ2) is 6.29. The van der Waals surface area contributed by atoms with Crippen molar-refractivity contribution in [2.24, 2.45) is 11.8 Å². The second-order valence-corrected chi connectivity index (χ2v) is 8.67. The maximum absolute atomic E-state index is 6.12. The Kier molecular flexibility index (Phi) is 4.13. The van der Waals surface area contributed by atoms with Gasteiger partial charge in [-0.1, -0.05) is 38.1 Å². The summed E-state index contributed by atoms with van der Waals surface area (Å²) in [4.78, 5) is 2.82. The first-order chi connectivity index (χ1) is 11.6. The average molecular weight is 340 g/mol. The Morgan fingerprint density at radius 2 is 2.12 bits per heavy atom. The molecule has 1 aromatic heterocycles. The maximum Gasteiger partial charge on any atom is 0.142 e. The summed E-state index contributed by atoms with van der Waals surface area (Å²) in [6.45, 7) is 7.32. The first kappa shape index (κ1) is 15.8. The van der Waals surface area contributed by atoms with Crippen LogP contribution in [0.2, 0.25) is 0 Å². The van der Waals surface area contributed by atoms with Crippen molar-refractivity contribution in [1.29, 1.82) is 0 Å². The number of anilines is 1. The van der Waals surface area contributed by atoms with Gasteiger partial charge in [0.2, 0.25) is 0 Å². The maximum atomic E-state index is 6.12. The van der Waals surface area contributed by atoms with Gasteiger partial charge in [-0.05, 0) is 48.9 Å². The molecule has 3 atom stereocenters. The van der Waals surface area contributed by atoms with E-state index in [1.165, 1.54) is 21.0 Å². The molecule has 0 saturated carbocycles. The van der Waals surface area contributed by atoms with E-state index in [1.54, 1.807) is 0 Å². The summed E-state index contributed by atoms with van der Waals surface area (Å²) >= 11 is 1.91. The molecule has 0 spiro atoms. The minimum absolute atomic E-state index is 0.375. The number of hydrogen-bond acceptors (Lipinski definition) is 3. The number of hydrogen-bond donors (Lipinski definition) is 1. The van der Waals surface area contributed by atoms with Crippen LogP contribution in [-0.2, 0) is 0 Å². The Morgan fingerprint density at radius 3 is 2.88 bits per heavy atom. The molecule has 1 N–H and O–H groups in total. The molecule has 0 bridgehead atoms. The van der Waals surface area contributed by atoms with Gasteiger partial charge in [0, 0.05) is 15.7 Å². The van der Waals surface area contributed by atoms with Crippen LogP contribution < -0.4 is 10.1 Å². The van der Waals surface area contributed by atoms with Crippen molar-refractivity contribution >= 4 is 17.0 Å². The zero-order chi connectivity index (χ0) is 16.7. The quantitative estimate of drug-likeness (QED) is 0.698. The van der Waals surface area contributed by atoms with Gasteiger partial charge in [-0.2, -0.15) is 0 Å². The van der Waals surface area contributed by atoms with Crippen LogP contribution in [0.3, 0.4) is 0 Å². The molecular formula is C21H25NOS. The molecule has 1 aliphatic carbocycles. The molecule has 2 nitrogen and oxygen atoms in total. The molecule has 3 heteroatoms. The van der Waals surface area contributed by atoms with Crippen molar-refractivity contribution < 1.29 is 4.74 Å². The van der Waals surface area contributed by atoms with E-state index in [0.29, 0.717) is 23.8 Å². The molecule has 126 valence electrons. The molecule has 3 unspecified atom stereocenters. The van der Waals surface area contributed by atoms with Gasteiger partial charge in [0.25, 0.3) is 0 Å². The number of allylic oxidation sites excluding steroid dienone is 2. The smallest absolute Gasteiger partial charge is 0.142 e. The number of nitrogens with one attached hydrogen (secondary N) is 1. The lowest BCUT2D eigenvalue weighted by molar-refractivity contribution is 0.270. The zero-order valence-electron chi connectivity index (χ0n) is 14.6. The van der Waals surface area contributed by atoms with E-state index in [4.69, 9.17) is 4.74 Å². The summed E-state index contributed by atoms with van der Waals surface area (Å²) in [6.07, 6.45) is 5.89. The molecule has 2 heterocycles. The molecule has 2 aliphatic rings. The first-order valence-corrected chi connectivity index (χ1v) is 9.70. The summed E-state index contributed by atoms with van der Waals surface area (Å²) in [5.41, 5.74) is 2.58. The second-order valence-electron chi connectivity index (χ2n) is 7.35. The highest BCUT2D eigenvalue weighted by atomic mass is 32.1. The normalized spacial score (nSPS) is 24.6. The van der Waals surface area contributed by atoms with Crippen molar-refractivity contribution in [1.82, 2.24) is 0 Å². The molecule has 4 rings (SSSR count). The Hall–Kier alpha value is -1.74. The highest BCUT2D eigenvalue weighted by Crippen LogP contribution is 2.52. The van der Waals surface area contributed by atoms with Gasteiger partial charge in [-0.25, -0.2) is 0 Å². The fourth-order valence-corrected chi connectivity index (χ4v) is 4.88. The number of ether oxygens (including phenoxy) is 1. The van der Waals surface area contributed by atoms with Crippen LogP contribution in [0.25, 0.3) is 0 Å². The fourth-order valence-electron chi connectivity index (χ4n) is 3.87. The zero-order valence-corrected chi connectivity index (χ0v) is 15.4. The van der Waals surface area contributed by atoms with E-state index in [0.717, 1.165) is 18.8 Å². The summed E-state index contributed by atoms with van der Waals surface area (Å²) in [5.74, 6) is 2.63. The molecule has 0 saturated heterocycles. The molecule has 2 aromatic rings. The lowest BCUT2D eigenvalue weighted by Crippen LogP contribution is -2.29. The van der Waals surface area contributed by atoms with E-state index >= 15 is 0 Å². The predicted octanol–water partition coefficient (Wildman–Crippen LogP) is 5.92. The van der Waals surface area contributed by atoms with Gasteiger partial charge < -0.3 is 10.1 Å². The van der Waals surface area contributed by atoms with Gasteiger partial charge in [0.05, 0.1) is 18.3 Å². The number of rotatable bonds is 4. The molecular weight excluding hydrogens is 314 g/mol. The molecule has 1 aromatic carbocycles. The highest BCUT2D eigenvalue weighted by Gasteiger charge is 2.39. The van der Waals surface area contributed by atoms with Crippen molar-refractivity contribution in [3.8, 4) is 5.75 Å². The summed E-state index contributed by atoms with van der Waals surface area (Å²) < 4.78 is 6.12. The van der Waals surface area contributed by atoms with Gasteiger partial charge in [-0.15, -0.1) is 11.3 Å². The van der Waals surface area contributed by atoms with E-state index in [2.05, 4.69) is 68.6 Å². The third kappa shape index (κ3) is 2.75. The SMILES string of the molecule is Cc1ccc(C2Nc3c(OCC(C)C)cccc3C3C=CCC32)s1. The minimum atomic E-state index is 0.375. The third-order valence-electron chi connectivity index (χ3n) is 5.00. The Balaban J connectivity index is 1.73. The predicted molar refractivity (Wildman–Crippen MR) is 102 cm³/mol. The van der Waals surface area contributed by atoms with Crippen LogP contribution in [0.15, 0.2) is 42.5 Å². The monoisotopic (exact) mass is 339 g/mol. The number of thiophene rings is 1. The summed E-state index contributed by atoms with van der Waals surface area (Å²) in [7, 11) is 0. The number of benzene rings is 1. The van der Waals surface area contributed by atoms with Crippen molar-refractivity contribution in [3.05, 3.63) is 57.8 Å². The molecule has 0 fully saturated rings. The third-order valence-corrected chi connectivity index (χ3v) is 6.08. The van der Waals surface area contributed by atoms with Crippen molar-refractivity contribution in [2.75, 3.05) is 11.9 Å². The van der Waals surface area contributed by atoms with Crippen LogP contribution in [0.4, 0.5) is 5.69 Å². The summed E-state index contributed by atoms with van der Waals surface area (Å²) in [5, 5.41) is 3.84. The Labute approximate surface area is 148 Å². The van der Waals surface area contributed by atoms with Crippen LogP contribution in [0.5, 0.6) is 5.75 Å². The van der Waals surface area contributed by atoms with E-state index in [9.17, 15) is 0 Å². The largest absolute Gasteiger partial charge is 0.491 e. The van der Waals surface area contributed by atoms with Gasteiger partial charge in [0.15, 0.2) is 0 Å². The highest BCUT2D eigenvalue weighted by molar-refractivity contribution is 7.12. The minimum Gasteiger partial charge on any atom is -0.491 e. The van der Waals surface area contributed by atoms with Crippen molar-refractivity contribution in [2.45, 2.75) is 39.2 Å². The number of para-hydroxylation sites is 1. The number of fused-ring (bicyclic) bond motifs is 3. The van der Waals surface area contributed by atoms with Gasteiger partial charge >= 0.3 is 0 Å². The lowest BCUT2D eigenvalue weighted by atomic mass is 9.78. The van der Waals surface area contributed by atoms with Gasteiger partial charge in [-0.3, -0.25) is 0 Å². The first-order valence-electron chi connectivity index (χ1n) is 8.88. The van der Waals surface area contributed by atoms with Crippen LogP contribution in [0, 0.1) is 18.8 Å². The van der Waals surface area contributed by atoms with E-state index < -0.39 is 0 Å². The number of aryl methyl sites for hydroxylation is 1. The average Bonchev–Trinajstić information content (AvgIpc) is 3.21. The van der Waals surface area contributed by atoms with Crippen LogP contribution in [0.1, 0.15) is 47.5 Å². The van der Waals surface area contributed by atoms with E-state index in [1.807, 2.05) is 11.3 Å². The lowest BCUT2D eigenvalue weighted by Gasteiger charge is -2.37. The fraction of sp³-hybridized carbons (Fsp3) is 0.429. The topological polar surface area (TPSA) is 21.3 Å². The Morgan fingerprint density at radius 1 is 1.25 bits per heavy atom. The molecule has 1 aliphatic heterocycles. The molecule has 0 radical (unpaired) electrons. The van der Waals surface area contributed by atoms with Crippen LogP contribution >= 0.6 is 11.3 Å². The van der Waals surface area contributed by atoms with Crippen molar-refractivity contribution in [3.63, 3.8) is 0 Å². The Bertz CT molecular complexity index is 761. The molecule has 24 heavy (non-hydrogen) atoms.